The first kappa shape index (κ1) is 18.1. The van der Waals surface area contributed by atoms with Crippen molar-refractivity contribution in [2.24, 2.45) is 5.73 Å². The maximum Gasteiger partial charge on any atom is 0.216 e. The number of rotatable bonds is 7. The lowest BCUT2D eigenvalue weighted by Crippen LogP contribution is -2.53. The molecule has 1 saturated carbocycles. The molecule has 1 aliphatic carbocycles. The molecular formula is C14H29N3O4S. The maximum absolute atomic E-state index is 12.2. The number of aliphatic hydroxyl groups is 1. The number of nitrogens with two attached hydrogens (primary N) is 1. The van der Waals surface area contributed by atoms with E-state index in [0.717, 1.165) is 38.8 Å². The van der Waals surface area contributed by atoms with Gasteiger partial charge in [0.05, 0.1) is 25.6 Å². The second kappa shape index (κ2) is 8.56. The van der Waals surface area contributed by atoms with Gasteiger partial charge in [-0.2, -0.15) is 4.31 Å². The predicted molar refractivity (Wildman–Crippen MR) is 85.1 cm³/mol. The zero-order valence-electron chi connectivity index (χ0n) is 13.2. The van der Waals surface area contributed by atoms with Gasteiger partial charge in [-0.15, -0.1) is 0 Å². The van der Waals surface area contributed by atoms with Gasteiger partial charge >= 0.3 is 0 Å². The predicted octanol–water partition coefficient (Wildman–Crippen LogP) is -0.787. The van der Waals surface area contributed by atoms with Gasteiger partial charge in [-0.1, -0.05) is 0 Å². The summed E-state index contributed by atoms with van der Waals surface area (Å²) in [6, 6.07) is 0.911. The Bertz CT molecular complexity index is 416. The molecule has 130 valence electrons. The van der Waals surface area contributed by atoms with Gasteiger partial charge in [0.1, 0.15) is 0 Å². The SMILES string of the molecule is NC1CCC(N2CCN(S(=O)(=O)CCOCCO)CC2)CC1. The van der Waals surface area contributed by atoms with Crippen molar-refractivity contribution in [2.75, 3.05) is 51.8 Å². The Kier molecular flexibility index (Phi) is 7.04. The molecule has 0 aromatic heterocycles. The molecule has 1 aliphatic heterocycles. The highest BCUT2D eigenvalue weighted by atomic mass is 32.2. The van der Waals surface area contributed by atoms with Gasteiger partial charge in [-0.25, -0.2) is 8.42 Å². The Balaban J connectivity index is 1.74. The van der Waals surface area contributed by atoms with Gasteiger partial charge in [-0.3, -0.25) is 4.90 Å². The topological polar surface area (TPSA) is 96.1 Å². The van der Waals surface area contributed by atoms with E-state index in [0.29, 0.717) is 25.2 Å². The Labute approximate surface area is 133 Å². The molecule has 2 fully saturated rings. The van der Waals surface area contributed by atoms with Crippen LogP contribution in [0.4, 0.5) is 0 Å². The Morgan fingerprint density at radius 1 is 1.05 bits per heavy atom. The van der Waals surface area contributed by atoms with E-state index in [2.05, 4.69) is 4.90 Å². The lowest BCUT2D eigenvalue weighted by Gasteiger charge is -2.41. The van der Waals surface area contributed by atoms with E-state index in [1.54, 1.807) is 4.31 Å². The molecule has 8 heteroatoms. The Hall–Kier alpha value is -0.250. The highest BCUT2D eigenvalue weighted by Gasteiger charge is 2.31. The first-order valence-corrected chi connectivity index (χ1v) is 9.80. The quantitative estimate of drug-likeness (QED) is 0.592. The molecule has 3 N–H and O–H groups in total. The van der Waals surface area contributed by atoms with Gasteiger partial charge in [0.25, 0.3) is 0 Å². The molecule has 0 aromatic rings. The molecule has 2 aliphatic rings. The van der Waals surface area contributed by atoms with Gasteiger partial charge in [0.15, 0.2) is 0 Å². The van der Waals surface area contributed by atoms with E-state index in [4.69, 9.17) is 15.6 Å². The fraction of sp³-hybridized carbons (Fsp3) is 1.00. The molecule has 0 amide bonds. The van der Waals surface area contributed by atoms with Crippen LogP contribution in [0.15, 0.2) is 0 Å². The summed E-state index contributed by atoms with van der Waals surface area (Å²) in [5, 5.41) is 8.62. The molecule has 0 spiro atoms. The average molecular weight is 335 g/mol. The summed E-state index contributed by atoms with van der Waals surface area (Å²) in [6.45, 7) is 2.98. The molecular weight excluding hydrogens is 306 g/mol. The fourth-order valence-electron chi connectivity index (χ4n) is 3.27. The van der Waals surface area contributed by atoms with Crippen LogP contribution < -0.4 is 5.73 Å². The third-order valence-electron chi connectivity index (χ3n) is 4.65. The first-order chi connectivity index (χ1) is 10.5. The van der Waals surface area contributed by atoms with Gasteiger partial charge in [0.2, 0.25) is 10.0 Å². The van der Waals surface area contributed by atoms with Crippen LogP contribution in [-0.2, 0) is 14.8 Å². The van der Waals surface area contributed by atoms with Crippen LogP contribution in [0.2, 0.25) is 0 Å². The Morgan fingerprint density at radius 2 is 1.68 bits per heavy atom. The summed E-state index contributed by atoms with van der Waals surface area (Å²) in [7, 11) is -3.25. The summed E-state index contributed by atoms with van der Waals surface area (Å²) >= 11 is 0. The van der Waals surface area contributed by atoms with Gasteiger partial charge in [-0.05, 0) is 25.7 Å². The molecule has 7 nitrogen and oxygen atoms in total. The smallest absolute Gasteiger partial charge is 0.216 e. The van der Waals surface area contributed by atoms with Crippen LogP contribution in [0.25, 0.3) is 0 Å². The van der Waals surface area contributed by atoms with E-state index in [9.17, 15) is 8.42 Å². The molecule has 2 rings (SSSR count). The molecule has 1 saturated heterocycles. The van der Waals surface area contributed by atoms with Crippen LogP contribution in [0, 0.1) is 0 Å². The van der Waals surface area contributed by atoms with Crippen molar-refractivity contribution in [1.29, 1.82) is 0 Å². The van der Waals surface area contributed by atoms with Gasteiger partial charge < -0.3 is 15.6 Å². The number of hydrogen-bond donors (Lipinski definition) is 2. The Morgan fingerprint density at radius 3 is 2.27 bits per heavy atom. The molecule has 0 aromatic carbocycles. The normalized spacial score (nSPS) is 28.8. The van der Waals surface area contributed by atoms with E-state index in [1.165, 1.54) is 0 Å². The van der Waals surface area contributed by atoms with Gasteiger partial charge in [0, 0.05) is 38.3 Å². The highest BCUT2D eigenvalue weighted by Crippen LogP contribution is 2.23. The number of sulfonamides is 1. The summed E-state index contributed by atoms with van der Waals surface area (Å²) in [5.74, 6) is -0.00865. The van der Waals surface area contributed by atoms with E-state index in [-0.39, 0.29) is 25.6 Å². The molecule has 0 unspecified atom stereocenters. The van der Waals surface area contributed by atoms with Crippen LogP contribution in [0.5, 0.6) is 0 Å². The van der Waals surface area contributed by atoms with E-state index < -0.39 is 10.0 Å². The number of piperazine rings is 1. The van der Waals surface area contributed by atoms with Crippen molar-refractivity contribution < 1.29 is 18.3 Å². The van der Waals surface area contributed by atoms with Crippen molar-refractivity contribution in [3.05, 3.63) is 0 Å². The number of aliphatic hydroxyl groups excluding tert-OH is 1. The largest absolute Gasteiger partial charge is 0.394 e. The second-order valence-electron chi connectivity index (χ2n) is 6.16. The van der Waals surface area contributed by atoms with E-state index in [1.807, 2.05) is 0 Å². The summed E-state index contributed by atoms with van der Waals surface area (Å²) in [6.07, 6.45) is 4.41. The van der Waals surface area contributed by atoms with Crippen molar-refractivity contribution in [2.45, 2.75) is 37.8 Å². The minimum Gasteiger partial charge on any atom is -0.394 e. The second-order valence-corrected chi connectivity index (χ2v) is 8.24. The zero-order chi connectivity index (χ0) is 16.0. The minimum absolute atomic E-state index is 0.00865. The maximum atomic E-state index is 12.2. The molecule has 0 bridgehead atoms. The summed E-state index contributed by atoms with van der Waals surface area (Å²) in [4.78, 5) is 2.42. The molecule has 0 atom stereocenters. The highest BCUT2D eigenvalue weighted by molar-refractivity contribution is 7.89. The van der Waals surface area contributed by atoms with Crippen LogP contribution >= 0.6 is 0 Å². The summed E-state index contributed by atoms with van der Waals surface area (Å²) < 4.78 is 31.1. The molecule has 22 heavy (non-hydrogen) atoms. The number of nitrogens with zero attached hydrogens (tertiary/aromatic N) is 2. The average Bonchev–Trinajstić information content (AvgIpc) is 2.52. The standard InChI is InChI=1S/C14H29N3O4S/c15-13-1-3-14(4-2-13)16-5-7-17(8-6-16)22(19,20)12-11-21-10-9-18/h13-14,18H,1-12,15H2. The number of ether oxygens (including phenoxy) is 1. The fourth-order valence-corrected chi connectivity index (χ4v) is 4.58. The number of hydrogen-bond acceptors (Lipinski definition) is 6. The minimum atomic E-state index is -3.25. The third-order valence-corrected chi connectivity index (χ3v) is 6.48. The molecule has 1 heterocycles. The van der Waals surface area contributed by atoms with Crippen molar-refractivity contribution >= 4 is 10.0 Å². The zero-order valence-corrected chi connectivity index (χ0v) is 14.0. The van der Waals surface area contributed by atoms with Crippen molar-refractivity contribution in [1.82, 2.24) is 9.21 Å². The van der Waals surface area contributed by atoms with Crippen LogP contribution in [0.3, 0.4) is 0 Å². The third kappa shape index (κ3) is 5.14. The lowest BCUT2D eigenvalue weighted by atomic mass is 9.90. The summed E-state index contributed by atoms with van der Waals surface area (Å²) in [5.41, 5.74) is 5.94. The van der Waals surface area contributed by atoms with Crippen molar-refractivity contribution in [3.63, 3.8) is 0 Å². The lowest BCUT2D eigenvalue weighted by molar-refractivity contribution is 0.0982. The van der Waals surface area contributed by atoms with Crippen LogP contribution in [-0.4, -0.2) is 86.6 Å². The van der Waals surface area contributed by atoms with E-state index >= 15 is 0 Å². The van der Waals surface area contributed by atoms with Crippen LogP contribution in [0.1, 0.15) is 25.7 Å². The monoisotopic (exact) mass is 335 g/mol. The molecule has 0 radical (unpaired) electrons. The first-order valence-electron chi connectivity index (χ1n) is 8.19. The van der Waals surface area contributed by atoms with Crippen molar-refractivity contribution in [3.8, 4) is 0 Å².